The van der Waals surface area contributed by atoms with Crippen molar-refractivity contribution < 1.29 is 4.74 Å². The zero-order chi connectivity index (χ0) is 15.8. The van der Waals surface area contributed by atoms with Crippen molar-refractivity contribution in [1.29, 1.82) is 10.5 Å². The molecule has 0 bridgehead atoms. The van der Waals surface area contributed by atoms with E-state index in [0.717, 1.165) is 16.9 Å². The molecule has 2 rings (SSSR count). The highest BCUT2D eigenvalue weighted by atomic mass is 16.5. The molecule has 0 amide bonds. The third-order valence-electron chi connectivity index (χ3n) is 2.92. The lowest BCUT2D eigenvalue weighted by molar-refractivity contribution is 0.304. The van der Waals surface area contributed by atoms with E-state index in [-0.39, 0.29) is 5.71 Å². The highest BCUT2D eigenvalue weighted by Gasteiger charge is 2.02. The van der Waals surface area contributed by atoms with Gasteiger partial charge < -0.3 is 4.74 Å². The molecule has 0 aliphatic heterocycles. The fourth-order valence-corrected chi connectivity index (χ4v) is 1.81. The summed E-state index contributed by atoms with van der Waals surface area (Å²) in [6.07, 6.45) is 0. The second-order valence-electron chi connectivity index (χ2n) is 4.55. The molecule has 0 atom stereocenters. The van der Waals surface area contributed by atoms with Crippen LogP contribution in [0.15, 0.2) is 53.6 Å². The number of benzene rings is 2. The van der Waals surface area contributed by atoms with Crippen LogP contribution < -0.4 is 10.2 Å². The average Bonchev–Trinajstić information content (AvgIpc) is 2.56. The molecule has 0 aliphatic carbocycles. The monoisotopic (exact) mass is 290 g/mol. The van der Waals surface area contributed by atoms with E-state index in [1.165, 1.54) is 0 Å². The van der Waals surface area contributed by atoms with Crippen LogP contribution in [0.3, 0.4) is 0 Å². The zero-order valence-corrected chi connectivity index (χ0v) is 12.1. The van der Waals surface area contributed by atoms with Crippen molar-refractivity contribution >= 4 is 11.4 Å². The van der Waals surface area contributed by atoms with Gasteiger partial charge in [-0.1, -0.05) is 30.3 Å². The average molecular weight is 290 g/mol. The second kappa shape index (κ2) is 7.47. The first-order valence-electron chi connectivity index (χ1n) is 6.64. The maximum atomic E-state index is 8.62. The Morgan fingerprint density at radius 1 is 1.14 bits per heavy atom. The smallest absolute Gasteiger partial charge is 0.237 e. The largest absolute Gasteiger partial charge is 0.489 e. The van der Waals surface area contributed by atoms with Crippen LogP contribution in [0.4, 0.5) is 5.69 Å². The molecule has 1 N–H and O–H groups in total. The Kier molecular flexibility index (Phi) is 5.12. The van der Waals surface area contributed by atoms with Crippen LogP contribution >= 0.6 is 0 Å². The fourth-order valence-electron chi connectivity index (χ4n) is 1.81. The SMILES string of the molecule is Cc1cc(NN=C(C#N)C#N)ccc1OCc1ccccc1. The van der Waals surface area contributed by atoms with Crippen LogP contribution in [0.2, 0.25) is 0 Å². The van der Waals surface area contributed by atoms with Crippen LogP contribution in [-0.2, 0) is 6.61 Å². The Morgan fingerprint density at radius 2 is 1.86 bits per heavy atom. The molecular formula is C17H14N4O. The highest BCUT2D eigenvalue weighted by Crippen LogP contribution is 2.23. The number of hydrazone groups is 1. The van der Waals surface area contributed by atoms with E-state index in [1.54, 1.807) is 18.2 Å². The third kappa shape index (κ3) is 4.09. The Hall–Kier alpha value is -3.31. The van der Waals surface area contributed by atoms with Gasteiger partial charge in [0.15, 0.2) is 0 Å². The lowest BCUT2D eigenvalue weighted by atomic mass is 10.2. The van der Waals surface area contributed by atoms with Gasteiger partial charge in [0, 0.05) is 0 Å². The molecule has 5 heteroatoms. The number of hydrogen-bond donors (Lipinski definition) is 1. The summed E-state index contributed by atoms with van der Waals surface area (Å²) < 4.78 is 5.78. The summed E-state index contributed by atoms with van der Waals surface area (Å²) >= 11 is 0. The second-order valence-corrected chi connectivity index (χ2v) is 4.55. The van der Waals surface area contributed by atoms with Crippen molar-refractivity contribution in [1.82, 2.24) is 0 Å². The van der Waals surface area contributed by atoms with Gasteiger partial charge in [0.05, 0.1) is 5.69 Å². The van der Waals surface area contributed by atoms with Gasteiger partial charge in [-0.3, -0.25) is 5.43 Å². The normalized spacial score (nSPS) is 9.23. The Morgan fingerprint density at radius 3 is 2.50 bits per heavy atom. The third-order valence-corrected chi connectivity index (χ3v) is 2.92. The minimum Gasteiger partial charge on any atom is -0.489 e. The number of anilines is 1. The van der Waals surface area contributed by atoms with Gasteiger partial charge in [-0.15, -0.1) is 0 Å². The van der Waals surface area contributed by atoms with E-state index in [0.29, 0.717) is 12.3 Å². The van der Waals surface area contributed by atoms with Gasteiger partial charge >= 0.3 is 0 Å². The zero-order valence-electron chi connectivity index (χ0n) is 12.1. The molecule has 0 saturated carbocycles. The van der Waals surface area contributed by atoms with Crippen molar-refractivity contribution in [3.63, 3.8) is 0 Å². The highest BCUT2D eigenvalue weighted by molar-refractivity contribution is 6.10. The van der Waals surface area contributed by atoms with Gasteiger partial charge in [-0.25, -0.2) is 0 Å². The molecule has 0 saturated heterocycles. The molecule has 0 heterocycles. The number of nitrogens with one attached hydrogen (secondary N) is 1. The van der Waals surface area contributed by atoms with Crippen LogP contribution in [0.1, 0.15) is 11.1 Å². The first-order valence-corrected chi connectivity index (χ1v) is 6.64. The van der Waals surface area contributed by atoms with Gasteiger partial charge in [-0.2, -0.15) is 15.6 Å². The first kappa shape index (κ1) is 15.1. The topological polar surface area (TPSA) is 81.2 Å². The number of rotatable bonds is 5. The van der Waals surface area contributed by atoms with E-state index in [2.05, 4.69) is 10.5 Å². The van der Waals surface area contributed by atoms with Crippen molar-refractivity contribution in [2.24, 2.45) is 5.10 Å². The summed E-state index contributed by atoms with van der Waals surface area (Å²) in [5.41, 5.74) is 5.18. The lowest BCUT2D eigenvalue weighted by Gasteiger charge is -2.10. The number of nitriles is 2. The minimum absolute atomic E-state index is 0.220. The van der Waals surface area contributed by atoms with Crippen LogP contribution in [0.25, 0.3) is 0 Å². The van der Waals surface area contributed by atoms with E-state index in [4.69, 9.17) is 15.3 Å². The Bertz CT molecular complexity index is 738. The van der Waals surface area contributed by atoms with Crippen molar-refractivity contribution in [3.8, 4) is 17.9 Å². The number of hydrogen-bond acceptors (Lipinski definition) is 5. The van der Waals surface area contributed by atoms with E-state index < -0.39 is 0 Å². The van der Waals surface area contributed by atoms with Gasteiger partial charge in [0.25, 0.3) is 0 Å². The number of nitrogens with zero attached hydrogens (tertiary/aromatic N) is 3. The van der Waals surface area contributed by atoms with Crippen LogP contribution in [-0.4, -0.2) is 5.71 Å². The van der Waals surface area contributed by atoms with Crippen LogP contribution in [0, 0.1) is 29.6 Å². The summed E-state index contributed by atoms with van der Waals surface area (Å²) in [5.74, 6) is 0.777. The van der Waals surface area contributed by atoms with Crippen molar-refractivity contribution in [2.75, 3.05) is 5.43 Å². The molecule has 0 aliphatic rings. The molecule has 2 aromatic rings. The van der Waals surface area contributed by atoms with Gasteiger partial charge in [-0.05, 0) is 36.2 Å². The first-order chi connectivity index (χ1) is 10.7. The summed E-state index contributed by atoms with van der Waals surface area (Å²) in [6.45, 7) is 2.42. The standard InChI is InChI=1S/C17H14N4O/c1-13-9-15(20-21-16(10-18)11-19)7-8-17(13)22-12-14-5-3-2-4-6-14/h2-9,20H,12H2,1H3. The molecular weight excluding hydrogens is 276 g/mol. The number of ether oxygens (including phenoxy) is 1. The predicted molar refractivity (Wildman–Crippen MR) is 84.2 cm³/mol. The summed E-state index contributed by atoms with van der Waals surface area (Å²) in [7, 11) is 0. The Labute approximate surface area is 129 Å². The molecule has 22 heavy (non-hydrogen) atoms. The quantitative estimate of drug-likeness (QED) is 0.676. The van der Waals surface area contributed by atoms with E-state index in [1.807, 2.05) is 49.4 Å². The molecule has 5 nitrogen and oxygen atoms in total. The fraction of sp³-hybridized carbons (Fsp3) is 0.118. The molecule has 0 aromatic heterocycles. The summed E-state index contributed by atoms with van der Waals surface area (Å²) in [4.78, 5) is 0. The Balaban J connectivity index is 2.03. The molecule has 108 valence electrons. The summed E-state index contributed by atoms with van der Waals surface area (Å²) in [6, 6.07) is 18.7. The minimum atomic E-state index is -0.220. The van der Waals surface area contributed by atoms with Gasteiger partial charge in [0.1, 0.15) is 24.5 Å². The predicted octanol–water partition coefficient (Wildman–Crippen LogP) is 3.39. The van der Waals surface area contributed by atoms with Gasteiger partial charge in [0.2, 0.25) is 5.71 Å². The van der Waals surface area contributed by atoms with Crippen molar-refractivity contribution in [3.05, 3.63) is 59.7 Å². The van der Waals surface area contributed by atoms with Crippen molar-refractivity contribution in [2.45, 2.75) is 13.5 Å². The maximum Gasteiger partial charge on any atom is 0.237 e. The molecule has 0 radical (unpaired) electrons. The molecule has 0 unspecified atom stereocenters. The maximum absolute atomic E-state index is 8.62. The lowest BCUT2D eigenvalue weighted by Crippen LogP contribution is -1.99. The molecule has 0 fully saturated rings. The number of aryl methyl sites for hydroxylation is 1. The van der Waals surface area contributed by atoms with Crippen LogP contribution in [0.5, 0.6) is 5.75 Å². The van der Waals surface area contributed by atoms with E-state index in [9.17, 15) is 0 Å². The van der Waals surface area contributed by atoms with E-state index >= 15 is 0 Å². The molecule has 2 aromatic carbocycles. The summed E-state index contributed by atoms with van der Waals surface area (Å²) in [5, 5.41) is 20.9. The molecule has 0 spiro atoms.